The monoisotopic (exact) mass is 184 g/mol. The SMILES string of the molecule is NCCc1ccc(OCCF)cn1. The number of aromatic nitrogens is 1. The quantitative estimate of drug-likeness (QED) is 0.740. The number of nitrogens with two attached hydrogens (primary N) is 1. The second-order valence-electron chi connectivity index (χ2n) is 2.56. The Kier molecular flexibility index (Phi) is 4.18. The first-order valence-corrected chi connectivity index (χ1v) is 4.20. The predicted molar refractivity (Wildman–Crippen MR) is 48.5 cm³/mol. The minimum Gasteiger partial charge on any atom is -0.489 e. The van der Waals surface area contributed by atoms with E-state index in [0.29, 0.717) is 12.3 Å². The number of alkyl halides is 1. The molecule has 0 aliphatic heterocycles. The van der Waals surface area contributed by atoms with Crippen LogP contribution in [0.5, 0.6) is 5.75 Å². The summed E-state index contributed by atoms with van der Waals surface area (Å²) in [5.41, 5.74) is 6.28. The zero-order chi connectivity index (χ0) is 9.52. The lowest BCUT2D eigenvalue weighted by molar-refractivity contribution is 0.272. The first-order valence-electron chi connectivity index (χ1n) is 4.20. The molecule has 0 radical (unpaired) electrons. The average molecular weight is 184 g/mol. The molecule has 0 atom stereocenters. The third-order valence-corrected chi connectivity index (χ3v) is 1.54. The van der Waals surface area contributed by atoms with Gasteiger partial charge in [-0.2, -0.15) is 0 Å². The number of rotatable bonds is 5. The summed E-state index contributed by atoms with van der Waals surface area (Å²) in [4.78, 5) is 4.09. The molecule has 0 saturated heterocycles. The van der Waals surface area contributed by atoms with Gasteiger partial charge in [-0.25, -0.2) is 4.39 Å². The van der Waals surface area contributed by atoms with E-state index in [0.717, 1.165) is 12.1 Å². The zero-order valence-corrected chi connectivity index (χ0v) is 7.37. The number of hydrogen-bond acceptors (Lipinski definition) is 3. The van der Waals surface area contributed by atoms with E-state index in [1.165, 1.54) is 0 Å². The Labute approximate surface area is 76.7 Å². The summed E-state index contributed by atoms with van der Waals surface area (Å²) in [5, 5.41) is 0. The fourth-order valence-corrected chi connectivity index (χ4v) is 0.948. The number of ether oxygens (including phenoxy) is 1. The van der Waals surface area contributed by atoms with Crippen LogP contribution in [-0.4, -0.2) is 24.8 Å². The van der Waals surface area contributed by atoms with Crippen molar-refractivity contribution in [3.05, 3.63) is 24.0 Å². The van der Waals surface area contributed by atoms with Crippen molar-refractivity contribution >= 4 is 0 Å². The molecule has 13 heavy (non-hydrogen) atoms. The number of halogens is 1. The van der Waals surface area contributed by atoms with Crippen LogP contribution in [-0.2, 0) is 6.42 Å². The van der Waals surface area contributed by atoms with E-state index in [9.17, 15) is 4.39 Å². The van der Waals surface area contributed by atoms with Gasteiger partial charge in [-0.15, -0.1) is 0 Å². The summed E-state index contributed by atoms with van der Waals surface area (Å²) in [5.74, 6) is 0.596. The summed E-state index contributed by atoms with van der Waals surface area (Å²) < 4.78 is 16.7. The van der Waals surface area contributed by atoms with E-state index in [-0.39, 0.29) is 6.61 Å². The summed E-state index contributed by atoms with van der Waals surface area (Å²) in [6.45, 7) is 0.181. The number of hydrogen-bond donors (Lipinski definition) is 1. The number of nitrogens with zero attached hydrogens (tertiary/aromatic N) is 1. The van der Waals surface area contributed by atoms with Gasteiger partial charge >= 0.3 is 0 Å². The van der Waals surface area contributed by atoms with Gasteiger partial charge in [0.25, 0.3) is 0 Å². The van der Waals surface area contributed by atoms with E-state index in [4.69, 9.17) is 10.5 Å². The highest BCUT2D eigenvalue weighted by Crippen LogP contribution is 2.08. The van der Waals surface area contributed by atoms with Crippen LogP contribution in [0.25, 0.3) is 0 Å². The van der Waals surface area contributed by atoms with Gasteiger partial charge in [0.2, 0.25) is 0 Å². The van der Waals surface area contributed by atoms with Crippen LogP contribution in [0.3, 0.4) is 0 Å². The average Bonchev–Trinajstić information content (AvgIpc) is 2.17. The first-order chi connectivity index (χ1) is 6.36. The lowest BCUT2D eigenvalue weighted by atomic mass is 10.3. The van der Waals surface area contributed by atoms with Gasteiger partial charge in [0.15, 0.2) is 0 Å². The molecule has 3 nitrogen and oxygen atoms in total. The largest absolute Gasteiger partial charge is 0.489 e. The molecule has 0 unspecified atom stereocenters. The molecule has 2 N–H and O–H groups in total. The van der Waals surface area contributed by atoms with Crippen LogP contribution in [0, 0.1) is 0 Å². The highest BCUT2D eigenvalue weighted by Gasteiger charge is 1.95. The lowest BCUT2D eigenvalue weighted by Crippen LogP contribution is -2.04. The Morgan fingerprint density at radius 1 is 1.46 bits per heavy atom. The molecule has 0 aliphatic carbocycles. The van der Waals surface area contributed by atoms with Crippen molar-refractivity contribution in [2.24, 2.45) is 5.73 Å². The zero-order valence-electron chi connectivity index (χ0n) is 7.37. The molecule has 1 aromatic rings. The molecule has 0 bridgehead atoms. The van der Waals surface area contributed by atoms with Crippen LogP contribution in [0.2, 0.25) is 0 Å². The highest BCUT2D eigenvalue weighted by molar-refractivity contribution is 5.19. The van der Waals surface area contributed by atoms with Crippen LogP contribution >= 0.6 is 0 Å². The molecular weight excluding hydrogens is 171 g/mol. The lowest BCUT2D eigenvalue weighted by Gasteiger charge is -2.03. The summed E-state index contributed by atoms with van der Waals surface area (Å²) in [6.07, 6.45) is 2.34. The van der Waals surface area contributed by atoms with Crippen molar-refractivity contribution < 1.29 is 9.13 Å². The Morgan fingerprint density at radius 2 is 2.31 bits per heavy atom. The minimum atomic E-state index is -0.482. The van der Waals surface area contributed by atoms with Crippen LogP contribution < -0.4 is 10.5 Å². The predicted octanol–water partition coefficient (Wildman–Crippen LogP) is 0.931. The topological polar surface area (TPSA) is 48.1 Å². The van der Waals surface area contributed by atoms with Crippen LogP contribution in [0.4, 0.5) is 4.39 Å². The van der Waals surface area contributed by atoms with Gasteiger partial charge in [-0.05, 0) is 18.7 Å². The highest BCUT2D eigenvalue weighted by atomic mass is 19.1. The first kappa shape index (κ1) is 9.92. The van der Waals surface area contributed by atoms with Crippen LogP contribution in [0.15, 0.2) is 18.3 Å². The Hall–Kier alpha value is -1.16. The summed E-state index contributed by atoms with van der Waals surface area (Å²) in [7, 11) is 0. The molecule has 0 fully saturated rings. The Balaban J connectivity index is 2.48. The fourth-order valence-electron chi connectivity index (χ4n) is 0.948. The molecule has 0 spiro atoms. The van der Waals surface area contributed by atoms with Gasteiger partial charge in [-0.1, -0.05) is 0 Å². The van der Waals surface area contributed by atoms with Gasteiger partial charge in [0.05, 0.1) is 6.20 Å². The maximum Gasteiger partial charge on any atom is 0.137 e. The Bertz CT molecular complexity index is 238. The standard InChI is InChI=1S/C9H13FN2O/c10-4-6-13-9-2-1-8(3-5-11)12-7-9/h1-2,7H,3-6,11H2. The van der Waals surface area contributed by atoms with E-state index in [1.807, 2.05) is 6.07 Å². The molecule has 1 aromatic heterocycles. The maximum atomic E-state index is 11.7. The van der Waals surface area contributed by atoms with Crippen LogP contribution in [0.1, 0.15) is 5.69 Å². The molecule has 1 heterocycles. The van der Waals surface area contributed by atoms with E-state index in [2.05, 4.69) is 4.98 Å². The van der Waals surface area contributed by atoms with Crippen molar-refractivity contribution in [3.8, 4) is 5.75 Å². The molecule has 0 aromatic carbocycles. The molecule has 0 saturated carbocycles. The van der Waals surface area contributed by atoms with Crippen molar-refractivity contribution in [3.63, 3.8) is 0 Å². The summed E-state index contributed by atoms with van der Waals surface area (Å²) in [6, 6.07) is 3.61. The van der Waals surface area contributed by atoms with Gasteiger partial charge < -0.3 is 10.5 Å². The van der Waals surface area contributed by atoms with Gasteiger partial charge in [0.1, 0.15) is 19.0 Å². The molecule has 0 amide bonds. The second-order valence-corrected chi connectivity index (χ2v) is 2.56. The Morgan fingerprint density at radius 3 is 2.85 bits per heavy atom. The fraction of sp³-hybridized carbons (Fsp3) is 0.444. The van der Waals surface area contributed by atoms with Crippen molar-refractivity contribution in [2.75, 3.05) is 19.8 Å². The van der Waals surface area contributed by atoms with Crippen molar-refractivity contribution in [2.45, 2.75) is 6.42 Å². The van der Waals surface area contributed by atoms with Gasteiger partial charge in [-0.3, -0.25) is 4.98 Å². The van der Waals surface area contributed by atoms with E-state index < -0.39 is 6.67 Å². The van der Waals surface area contributed by atoms with Crippen molar-refractivity contribution in [1.29, 1.82) is 0 Å². The molecule has 0 aliphatic rings. The van der Waals surface area contributed by atoms with Crippen molar-refractivity contribution in [1.82, 2.24) is 4.98 Å². The third kappa shape index (κ3) is 3.38. The number of pyridine rings is 1. The van der Waals surface area contributed by atoms with Gasteiger partial charge in [0, 0.05) is 12.1 Å². The molecule has 72 valence electrons. The minimum absolute atomic E-state index is 0.0813. The third-order valence-electron chi connectivity index (χ3n) is 1.54. The molecule has 1 rings (SSSR count). The second kappa shape index (κ2) is 5.48. The normalized spacial score (nSPS) is 10.0. The summed E-state index contributed by atoms with van der Waals surface area (Å²) >= 11 is 0. The molecule has 4 heteroatoms. The maximum absolute atomic E-state index is 11.7. The van der Waals surface area contributed by atoms with E-state index >= 15 is 0 Å². The molecular formula is C9H13FN2O. The smallest absolute Gasteiger partial charge is 0.137 e. The van der Waals surface area contributed by atoms with E-state index in [1.54, 1.807) is 12.3 Å².